The first-order valence-corrected chi connectivity index (χ1v) is 8.90. The molecule has 2 saturated heterocycles. The van der Waals surface area contributed by atoms with Crippen LogP contribution in [-0.2, 0) is 9.59 Å². The third-order valence-electron chi connectivity index (χ3n) is 5.26. The molecule has 24 heavy (non-hydrogen) atoms. The zero-order valence-electron chi connectivity index (χ0n) is 14.6. The summed E-state index contributed by atoms with van der Waals surface area (Å²) < 4.78 is 0. The molecule has 3 atom stereocenters. The van der Waals surface area contributed by atoms with Crippen molar-refractivity contribution in [2.75, 3.05) is 18.0 Å². The van der Waals surface area contributed by atoms with Gasteiger partial charge in [0.1, 0.15) is 0 Å². The number of nitrogens with zero attached hydrogens (tertiary/aromatic N) is 2. The van der Waals surface area contributed by atoms with Crippen molar-refractivity contribution in [2.24, 2.45) is 11.7 Å². The Morgan fingerprint density at radius 2 is 1.96 bits per heavy atom. The molecule has 0 spiro atoms. The summed E-state index contributed by atoms with van der Waals surface area (Å²) in [4.78, 5) is 29.1. The molecule has 2 heterocycles. The highest BCUT2D eigenvalue weighted by Crippen LogP contribution is 2.29. The van der Waals surface area contributed by atoms with Gasteiger partial charge in [0.15, 0.2) is 0 Å². The van der Waals surface area contributed by atoms with Gasteiger partial charge in [-0.15, -0.1) is 0 Å². The van der Waals surface area contributed by atoms with Gasteiger partial charge in [0.25, 0.3) is 0 Å². The zero-order valence-corrected chi connectivity index (χ0v) is 14.6. The molecule has 2 fully saturated rings. The van der Waals surface area contributed by atoms with E-state index < -0.39 is 0 Å². The summed E-state index contributed by atoms with van der Waals surface area (Å²) in [5.41, 5.74) is 8.12. The van der Waals surface area contributed by atoms with Gasteiger partial charge in [-0.05, 0) is 45.2 Å². The molecule has 1 aromatic carbocycles. The first-order chi connectivity index (χ1) is 11.5. The van der Waals surface area contributed by atoms with Crippen LogP contribution < -0.4 is 10.6 Å². The Balaban J connectivity index is 1.72. The van der Waals surface area contributed by atoms with Crippen LogP contribution in [0.4, 0.5) is 5.69 Å². The fourth-order valence-electron chi connectivity index (χ4n) is 3.86. The second kappa shape index (κ2) is 6.93. The van der Waals surface area contributed by atoms with Crippen LogP contribution in [0.3, 0.4) is 0 Å². The van der Waals surface area contributed by atoms with E-state index in [-0.39, 0.29) is 29.8 Å². The first-order valence-electron chi connectivity index (χ1n) is 8.90. The Labute approximate surface area is 143 Å². The summed E-state index contributed by atoms with van der Waals surface area (Å²) in [6.45, 7) is 5.23. The number of hydrogen-bond acceptors (Lipinski definition) is 3. The summed E-state index contributed by atoms with van der Waals surface area (Å²) in [5, 5.41) is 0. The summed E-state index contributed by atoms with van der Waals surface area (Å²) in [7, 11) is 0. The number of benzene rings is 1. The number of hydrogen-bond donors (Lipinski definition) is 1. The lowest BCUT2D eigenvalue weighted by atomic mass is 9.94. The molecule has 2 aliphatic rings. The molecule has 2 N–H and O–H groups in total. The number of likely N-dealkylation sites (tertiary alicyclic amines) is 1. The van der Waals surface area contributed by atoms with Gasteiger partial charge in [0.2, 0.25) is 11.8 Å². The van der Waals surface area contributed by atoms with Crippen molar-refractivity contribution in [3.63, 3.8) is 0 Å². The van der Waals surface area contributed by atoms with E-state index in [1.54, 1.807) is 4.90 Å². The minimum absolute atomic E-state index is 0.0282. The van der Waals surface area contributed by atoms with Crippen molar-refractivity contribution in [1.82, 2.24) is 4.90 Å². The third kappa shape index (κ3) is 3.31. The van der Waals surface area contributed by atoms with E-state index in [0.717, 1.165) is 37.1 Å². The second-order valence-corrected chi connectivity index (χ2v) is 7.19. The lowest BCUT2D eigenvalue weighted by molar-refractivity contribution is -0.139. The summed E-state index contributed by atoms with van der Waals surface area (Å²) in [6.07, 6.45) is 3.41. The average Bonchev–Trinajstić information content (AvgIpc) is 2.96. The van der Waals surface area contributed by atoms with E-state index in [4.69, 9.17) is 5.73 Å². The first kappa shape index (κ1) is 17.0. The lowest BCUT2D eigenvalue weighted by Gasteiger charge is -2.39. The van der Waals surface area contributed by atoms with Gasteiger partial charge >= 0.3 is 0 Å². The normalized spacial score (nSPS) is 25.9. The van der Waals surface area contributed by atoms with Crippen LogP contribution in [0.2, 0.25) is 0 Å². The summed E-state index contributed by atoms with van der Waals surface area (Å²) >= 11 is 0. The Morgan fingerprint density at radius 1 is 1.25 bits per heavy atom. The summed E-state index contributed by atoms with van der Waals surface area (Å²) in [5.74, 6) is -0.121. The van der Waals surface area contributed by atoms with Crippen LogP contribution in [0.25, 0.3) is 0 Å². The molecule has 130 valence electrons. The highest BCUT2D eigenvalue weighted by Gasteiger charge is 2.40. The maximum absolute atomic E-state index is 13.0. The number of piperidine rings is 1. The van der Waals surface area contributed by atoms with E-state index in [9.17, 15) is 9.59 Å². The van der Waals surface area contributed by atoms with Crippen LogP contribution in [0, 0.1) is 12.8 Å². The fourth-order valence-corrected chi connectivity index (χ4v) is 3.86. The molecule has 3 rings (SSSR count). The van der Waals surface area contributed by atoms with Crippen LogP contribution in [0.5, 0.6) is 0 Å². The predicted molar refractivity (Wildman–Crippen MR) is 94.6 cm³/mol. The number of nitrogens with two attached hydrogens (primary N) is 1. The van der Waals surface area contributed by atoms with Crippen molar-refractivity contribution in [3.05, 3.63) is 29.8 Å². The molecule has 0 aliphatic carbocycles. The van der Waals surface area contributed by atoms with Crippen LogP contribution in [0.15, 0.2) is 24.3 Å². The van der Waals surface area contributed by atoms with Crippen LogP contribution in [0.1, 0.15) is 38.2 Å². The van der Waals surface area contributed by atoms with Gasteiger partial charge in [-0.3, -0.25) is 9.59 Å². The zero-order chi connectivity index (χ0) is 17.3. The van der Waals surface area contributed by atoms with E-state index in [1.807, 2.05) is 43.0 Å². The van der Waals surface area contributed by atoms with Crippen LogP contribution in [-0.4, -0.2) is 41.9 Å². The monoisotopic (exact) mass is 329 g/mol. The maximum atomic E-state index is 13.0. The molecule has 0 saturated carbocycles. The Kier molecular flexibility index (Phi) is 4.90. The number of amides is 2. The predicted octanol–water partition coefficient (Wildman–Crippen LogP) is 2.08. The number of anilines is 1. The standard InChI is InChI=1S/C19H27N3O2/c1-13-6-8-16(9-7-13)22-12-15(11-18(22)23)19(24)21-10-4-3-5-17(21)14(2)20/h6-9,14-15,17H,3-5,10-12,20H2,1-2H3. The molecule has 5 heteroatoms. The van der Waals surface area contributed by atoms with Crippen molar-refractivity contribution < 1.29 is 9.59 Å². The van der Waals surface area contributed by atoms with Gasteiger partial charge in [0.05, 0.1) is 5.92 Å². The Bertz CT molecular complexity index is 612. The van der Waals surface area contributed by atoms with Crippen LogP contribution >= 0.6 is 0 Å². The summed E-state index contributed by atoms with van der Waals surface area (Å²) in [6, 6.07) is 7.97. The molecule has 0 radical (unpaired) electrons. The Morgan fingerprint density at radius 3 is 2.62 bits per heavy atom. The smallest absolute Gasteiger partial charge is 0.228 e. The second-order valence-electron chi connectivity index (χ2n) is 7.19. The van der Waals surface area contributed by atoms with Gasteiger partial charge in [0, 0.05) is 37.3 Å². The average molecular weight is 329 g/mol. The number of aryl methyl sites for hydroxylation is 1. The molecule has 0 bridgehead atoms. The lowest BCUT2D eigenvalue weighted by Crippen LogP contribution is -2.53. The number of carbonyl (C=O) groups excluding carboxylic acids is 2. The van der Waals surface area contributed by atoms with Gasteiger partial charge < -0.3 is 15.5 Å². The largest absolute Gasteiger partial charge is 0.338 e. The maximum Gasteiger partial charge on any atom is 0.228 e. The minimum atomic E-state index is -0.252. The topological polar surface area (TPSA) is 66.6 Å². The van der Waals surface area contributed by atoms with Crippen molar-refractivity contribution in [3.8, 4) is 0 Å². The van der Waals surface area contributed by atoms with E-state index in [1.165, 1.54) is 0 Å². The molecule has 2 amide bonds. The molecule has 0 aromatic heterocycles. The van der Waals surface area contributed by atoms with Gasteiger partial charge in [-0.25, -0.2) is 0 Å². The molecule has 3 unspecified atom stereocenters. The SMILES string of the molecule is Cc1ccc(N2CC(C(=O)N3CCCCC3C(C)N)CC2=O)cc1. The highest BCUT2D eigenvalue weighted by atomic mass is 16.2. The quantitative estimate of drug-likeness (QED) is 0.923. The van der Waals surface area contributed by atoms with Gasteiger partial charge in [-0.1, -0.05) is 17.7 Å². The van der Waals surface area contributed by atoms with Crippen molar-refractivity contribution in [2.45, 2.75) is 51.6 Å². The molecule has 1 aromatic rings. The number of carbonyl (C=O) groups is 2. The Hall–Kier alpha value is -1.88. The third-order valence-corrected chi connectivity index (χ3v) is 5.26. The van der Waals surface area contributed by atoms with Crippen molar-refractivity contribution in [1.29, 1.82) is 0 Å². The van der Waals surface area contributed by atoms with E-state index in [0.29, 0.717) is 13.0 Å². The molecular weight excluding hydrogens is 302 g/mol. The van der Waals surface area contributed by atoms with Gasteiger partial charge in [-0.2, -0.15) is 0 Å². The fraction of sp³-hybridized carbons (Fsp3) is 0.579. The van der Waals surface area contributed by atoms with E-state index in [2.05, 4.69) is 0 Å². The molecule has 2 aliphatic heterocycles. The molecule has 5 nitrogen and oxygen atoms in total. The molecular formula is C19H27N3O2. The van der Waals surface area contributed by atoms with Crippen molar-refractivity contribution >= 4 is 17.5 Å². The highest BCUT2D eigenvalue weighted by molar-refractivity contribution is 6.00. The van der Waals surface area contributed by atoms with E-state index >= 15 is 0 Å². The minimum Gasteiger partial charge on any atom is -0.338 e. The number of rotatable bonds is 3.